The highest BCUT2D eigenvalue weighted by Gasteiger charge is 2.11. The first-order valence-electron chi connectivity index (χ1n) is 5.88. The van der Waals surface area contributed by atoms with Gasteiger partial charge in [0.25, 0.3) is 0 Å². The number of hydrogen-bond donors (Lipinski definition) is 2. The van der Waals surface area contributed by atoms with Gasteiger partial charge in [-0.2, -0.15) is 0 Å². The van der Waals surface area contributed by atoms with Crippen LogP contribution in [0.2, 0.25) is 0 Å². The maximum Gasteiger partial charge on any atom is 0.192 e. The third-order valence-corrected chi connectivity index (χ3v) is 2.78. The molecule has 0 aliphatic carbocycles. The second-order valence-corrected chi connectivity index (χ2v) is 4.27. The van der Waals surface area contributed by atoms with Crippen LogP contribution in [0.15, 0.2) is 54.1 Å². The lowest BCUT2D eigenvalue weighted by Crippen LogP contribution is -2.00. The molecule has 2 aromatic rings. The van der Waals surface area contributed by atoms with Gasteiger partial charge in [0.05, 0.1) is 5.56 Å². The van der Waals surface area contributed by atoms with Crippen molar-refractivity contribution < 1.29 is 15.0 Å². The van der Waals surface area contributed by atoms with Crippen LogP contribution in [-0.4, -0.2) is 16.0 Å². The normalized spacial score (nSPS) is 11.3. The number of ketones is 1. The molecule has 0 radical (unpaired) electrons. The van der Waals surface area contributed by atoms with E-state index in [1.54, 1.807) is 55.5 Å². The number of benzene rings is 2. The molecule has 0 spiro atoms. The molecule has 19 heavy (non-hydrogen) atoms. The van der Waals surface area contributed by atoms with Crippen LogP contribution >= 0.6 is 0 Å². The molecule has 3 heteroatoms. The summed E-state index contributed by atoms with van der Waals surface area (Å²) in [7, 11) is 0. The number of para-hydroxylation sites is 1. The van der Waals surface area contributed by atoms with E-state index in [4.69, 9.17) is 0 Å². The van der Waals surface area contributed by atoms with Gasteiger partial charge in [0.2, 0.25) is 0 Å². The Kier molecular flexibility index (Phi) is 3.66. The van der Waals surface area contributed by atoms with Crippen molar-refractivity contribution in [3.05, 3.63) is 65.2 Å². The molecule has 0 bridgehead atoms. The second-order valence-electron chi connectivity index (χ2n) is 4.27. The highest BCUT2D eigenvalue weighted by Crippen LogP contribution is 2.21. The van der Waals surface area contributed by atoms with Crippen molar-refractivity contribution in [2.75, 3.05) is 0 Å². The Labute approximate surface area is 111 Å². The standard InChI is InChI=1S/C16H14O3/c1-11(10-12-6-8-13(17)9-7-12)16(19)14-4-2-3-5-15(14)18/h2-10,17-18H,1H3/b11-10+. The lowest BCUT2D eigenvalue weighted by molar-refractivity contribution is 0.103. The number of carbonyl (C=O) groups excluding carboxylic acids is 1. The fraction of sp³-hybridized carbons (Fsp3) is 0.0625. The van der Waals surface area contributed by atoms with Crippen LogP contribution in [0.4, 0.5) is 0 Å². The SMILES string of the molecule is C/C(=C\c1ccc(O)cc1)C(=O)c1ccccc1O. The molecule has 0 aliphatic heterocycles. The zero-order valence-electron chi connectivity index (χ0n) is 10.5. The van der Waals surface area contributed by atoms with E-state index in [9.17, 15) is 15.0 Å². The average molecular weight is 254 g/mol. The van der Waals surface area contributed by atoms with Crippen LogP contribution < -0.4 is 0 Å². The summed E-state index contributed by atoms with van der Waals surface area (Å²) in [5.74, 6) is -0.0565. The number of phenolic OH excluding ortho intramolecular Hbond substituents is 2. The summed E-state index contributed by atoms with van der Waals surface area (Å²) in [6.07, 6.45) is 1.72. The van der Waals surface area contributed by atoms with Crippen LogP contribution in [0.3, 0.4) is 0 Å². The number of hydrogen-bond acceptors (Lipinski definition) is 3. The third kappa shape index (κ3) is 3.01. The Morgan fingerprint density at radius 3 is 2.26 bits per heavy atom. The van der Waals surface area contributed by atoms with Gasteiger partial charge >= 0.3 is 0 Å². The monoisotopic (exact) mass is 254 g/mol. The predicted octanol–water partition coefficient (Wildman–Crippen LogP) is 3.38. The lowest BCUT2D eigenvalue weighted by Gasteiger charge is -2.04. The van der Waals surface area contributed by atoms with Crippen LogP contribution in [0.25, 0.3) is 6.08 Å². The summed E-state index contributed by atoms with van der Waals surface area (Å²) in [5.41, 5.74) is 1.63. The van der Waals surface area contributed by atoms with E-state index < -0.39 is 0 Å². The summed E-state index contributed by atoms with van der Waals surface area (Å²) < 4.78 is 0. The molecule has 0 saturated carbocycles. The molecule has 2 N–H and O–H groups in total. The average Bonchev–Trinajstić information content (AvgIpc) is 2.41. The number of phenols is 2. The summed E-state index contributed by atoms with van der Waals surface area (Å²) in [6.45, 7) is 1.70. The summed E-state index contributed by atoms with van der Waals surface area (Å²) in [5, 5.41) is 18.8. The number of Topliss-reactive ketones (excluding diaryl/α,β-unsaturated/α-hetero) is 1. The fourth-order valence-corrected chi connectivity index (χ4v) is 1.76. The topological polar surface area (TPSA) is 57.5 Å². The number of carbonyl (C=O) groups is 1. The summed E-state index contributed by atoms with van der Waals surface area (Å²) >= 11 is 0. The first-order valence-corrected chi connectivity index (χ1v) is 5.88. The minimum Gasteiger partial charge on any atom is -0.508 e. The van der Waals surface area contributed by atoms with E-state index in [2.05, 4.69) is 0 Å². The van der Waals surface area contributed by atoms with E-state index in [1.807, 2.05) is 0 Å². The minimum absolute atomic E-state index is 0.0223. The molecule has 0 heterocycles. The van der Waals surface area contributed by atoms with Gasteiger partial charge in [-0.15, -0.1) is 0 Å². The van der Waals surface area contributed by atoms with Crippen molar-refractivity contribution in [1.82, 2.24) is 0 Å². The van der Waals surface area contributed by atoms with Crippen LogP contribution in [-0.2, 0) is 0 Å². The van der Waals surface area contributed by atoms with Gasteiger partial charge in [0, 0.05) is 0 Å². The van der Waals surface area contributed by atoms with Gasteiger partial charge < -0.3 is 10.2 Å². The maximum absolute atomic E-state index is 12.2. The highest BCUT2D eigenvalue weighted by atomic mass is 16.3. The number of rotatable bonds is 3. The van der Waals surface area contributed by atoms with Crippen LogP contribution in [0.5, 0.6) is 11.5 Å². The molecule has 3 nitrogen and oxygen atoms in total. The van der Waals surface area contributed by atoms with Crippen molar-refractivity contribution in [3.8, 4) is 11.5 Å². The number of allylic oxidation sites excluding steroid dienone is 1. The Morgan fingerprint density at radius 1 is 1.00 bits per heavy atom. The molecule has 2 aromatic carbocycles. The molecule has 0 unspecified atom stereocenters. The molecule has 0 aliphatic rings. The van der Waals surface area contributed by atoms with Gasteiger partial charge in [0.1, 0.15) is 11.5 Å². The lowest BCUT2D eigenvalue weighted by atomic mass is 10.0. The smallest absolute Gasteiger partial charge is 0.192 e. The van der Waals surface area contributed by atoms with Crippen molar-refractivity contribution in [2.45, 2.75) is 6.92 Å². The molecule has 0 aromatic heterocycles. The zero-order valence-corrected chi connectivity index (χ0v) is 10.5. The highest BCUT2D eigenvalue weighted by molar-refractivity contribution is 6.12. The largest absolute Gasteiger partial charge is 0.508 e. The van der Waals surface area contributed by atoms with E-state index in [0.717, 1.165) is 5.56 Å². The zero-order chi connectivity index (χ0) is 13.8. The van der Waals surface area contributed by atoms with Crippen molar-refractivity contribution in [1.29, 1.82) is 0 Å². The first-order chi connectivity index (χ1) is 9.08. The summed E-state index contributed by atoms with van der Waals surface area (Å²) in [4.78, 5) is 12.2. The van der Waals surface area contributed by atoms with Gasteiger partial charge in [-0.3, -0.25) is 4.79 Å². The van der Waals surface area contributed by atoms with Gasteiger partial charge in [0.15, 0.2) is 5.78 Å². The van der Waals surface area contributed by atoms with Gasteiger partial charge in [-0.25, -0.2) is 0 Å². The van der Waals surface area contributed by atoms with E-state index >= 15 is 0 Å². The minimum atomic E-state index is -0.217. The van der Waals surface area contributed by atoms with Gasteiger partial charge in [-0.1, -0.05) is 24.3 Å². The third-order valence-electron chi connectivity index (χ3n) is 2.78. The van der Waals surface area contributed by atoms with Crippen molar-refractivity contribution in [3.63, 3.8) is 0 Å². The summed E-state index contributed by atoms with van der Waals surface area (Å²) in [6, 6.07) is 13.0. The molecule has 2 rings (SSSR count). The van der Waals surface area contributed by atoms with Crippen molar-refractivity contribution in [2.24, 2.45) is 0 Å². The molecular weight excluding hydrogens is 240 g/mol. The molecule has 0 atom stereocenters. The van der Waals surface area contributed by atoms with Crippen molar-refractivity contribution >= 4 is 11.9 Å². The fourth-order valence-electron chi connectivity index (χ4n) is 1.76. The molecule has 0 amide bonds. The molecular formula is C16H14O3. The van der Waals surface area contributed by atoms with Crippen LogP contribution in [0.1, 0.15) is 22.8 Å². The Morgan fingerprint density at radius 2 is 1.63 bits per heavy atom. The Bertz CT molecular complexity index is 625. The molecule has 0 fully saturated rings. The number of aromatic hydroxyl groups is 2. The predicted molar refractivity (Wildman–Crippen MR) is 74.2 cm³/mol. The van der Waals surface area contributed by atoms with E-state index in [1.165, 1.54) is 6.07 Å². The maximum atomic E-state index is 12.2. The van der Waals surface area contributed by atoms with Gasteiger partial charge in [-0.05, 0) is 48.4 Å². The molecule has 96 valence electrons. The van der Waals surface area contributed by atoms with E-state index in [-0.39, 0.29) is 22.8 Å². The Hall–Kier alpha value is -2.55. The quantitative estimate of drug-likeness (QED) is 0.652. The second kappa shape index (κ2) is 5.40. The first kappa shape index (κ1) is 12.9. The van der Waals surface area contributed by atoms with Crippen LogP contribution in [0, 0.1) is 0 Å². The van der Waals surface area contributed by atoms with E-state index in [0.29, 0.717) is 5.57 Å². The molecule has 0 saturated heterocycles. The Balaban J connectivity index is 2.29.